The lowest BCUT2D eigenvalue weighted by atomic mass is 9.99. The van der Waals surface area contributed by atoms with Crippen LogP contribution in [-0.4, -0.2) is 15.2 Å². The molecule has 0 saturated heterocycles. The fourth-order valence-corrected chi connectivity index (χ4v) is 3.35. The standard InChI is InChI=1S/C23H20N2O3/c26-18-4-1-3-16(11-18)13-24-12-15-7-9-17(10-8-15)20-14-25-23(28)19-5-2-6-21(27)22(19)20/h1-11,14,24,26-27H,12-13H2,(H,25,28). The molecular formula is C23H20N2O3. The van der Waals surface area contributed by atoms with Crippen molar-refractivity contribution < 1.29 is 10.2 Å². The van der Waals surface area contributed by atoms with E-state index in [1.165, 1.54) is 0 Å². The van der Waals surface area contributed by atoms with E-state index in [2.05, 4.69) is 10.3 Å². The molecule has 4 aromatic rings. The molecule has 1 aromatic heterocycles. The monoisotopic (exact) mass is 372 g/mol. The first-order chi connectivity index (χ1) is 13.6. The third kappa shape index (κ3) is 3.61. The van der Waals surface area contributed by atoms with Crippen LogP contribution in [0, 0.1) is 0 Å². The van der Waals surface area contributed by atoms with E-state index in [0.29, 0.717) is 23.9 Å². The highest BCUT2D eigenvalue weighted by molar-refractivity contribution is 5.99. The van der Waals surface area contributed by atoms with Gasteiger partial charge in [0.05, 0.1) is 5.39 Å². The molecule has 1 heterocycles. The van der Waals surface area contributed by atoms with Crippen molar-refractivity contribution in [3.63, 3.8) is 0 Å². The second kappa shape index (κ2) is 7.58. The lowest BCUT2D eigenvalue weighted by Gasteiger charge is -2.10. The van der Waals surface area contributed by atoms with Gasteiger partial charge in [-0.2, -0.15) is 0 Å². The number of aromatic amines is 1. The molecule has 140 valence electrons. The summed E-state index contributed by atoms with van der Waals surface area (Å²) in [5, 5.41) is 24.1. The van der Waals surface area contributed by atoms with Gasteiger partial charge < -0.3 is 20.5 Å². The van der Waals surface area contributed by atoms with E-state index < -0.39 is 0 Å². The van der Waals surface area contributed by atoms with E-state index >= 15 is 0 Å². The Hall–Kier alpha value is -3.57. The SMILES string of the molecule is O=c1[nH]cc(-c2ccc(CNCc3cccc(O)c3)cc2)c2c(O)cccc12. The number of phenolic OH excluding ortho intramolecular Hbond substituents is 2. The lowest BCUT2D eigenvalue weighted by molar-refractivity contribution is 0.474. The molecule has 4 rings (SSSR count). The Labute approximate surface area is 161 Å². The van der Waals surface area contributed by atoms with Crippen LogP contribution in [0.1, 0.15) is 11.1 Å². The van der Waals surface area contributed by atoms with Crippen molar-refractivity contribution in [3.8, 4) is 22.6 Å². The molecule has 3 aromatic carbocycles. The van der Waals surface area contributed by atoms with Gasteiger partial charge in [-0.25, -0.2) is 0 Å². The molecule has 28 heavy (non-hydrogen) atoms. The average Bonchev–Trinajstić information content (AvgIpc) is 2.70. The fraction of sp³-hybridized carbons (Fsp3) is 0.0870. The summed E-state index contributed by atoms with van der Waals surface area (Å²) in [7, 11) is 0. The van der Waals surface area contributed by atoms with Crippen LogP contribution in [-0.2, 0) is 13.1 Å². The van der Waals surface area contributed by atoms with E-state index in [0.717, 1.165) is 22.3 Å². The molecule has 5 heteroatoms. The Morgan fingerprint density at radius 1 is 0.857 bits per heavy atom. The maximum absolute atomic E-state index is 12.0. The number of benzene rings is 3. The Bertz CT molecular complexity index is 1180. The van der Waals surface area contributed by atoms with Crippen LogP contribution in [0.4, 0.5) is 0 Å². The van der Waals surface area contributed by atoms with Crippen molar-refractivity contribution in [3.05, 3.63) is 94.4 Å². The number of pyridine rings is 1. The lowest BCUT2D eigenvalue weighted by Crippen LogP contribution is -2.12. The summed E-state index contributed by atoms with van der Waals surface area (Å²) in [5.74, 6) is 0.357. The van der Waals surface area contributed by atoms with Crippen LogP contribution < -0.4 is 10.9 Å². The number of hydrogen-bond donors (Lipinski definition) is 4. The summed E-state index contributed by atoms with van der Waals surface area (Å²) in [6, 6.07) is 20.1. The van der Waals surface area contributed by atoms with Crippen LogP contribution in [0.5, 0.6) is 11.5 Å². The highest BCUT2D eigenvalue weighted by atomic mass is 16.3. The minimum atomic E-state index is -0.220. The van der Waals surface area contributed by atoms with Gasteiger partial charge in [-0.15, -0.1) is 0 Å². The number of rotatable bonds is 5. The third-order valence-electron chi connectivity index (χ3n) is 4.74. The van der Waals surface area contributed by atoms with E-state index in [9.17, 15) is 15.0 Å². The molecule has 0 radical (unpaired) electrons. The summed E-state index contributed by atoms with van der Waals surface area (Å²) in [6.07, 6.45) is 1.64. The van der Waals surface area contributed by atoms with Crippen molar-refractivity contribution in [1.29, 1.82) is 0 Å². The first-order valence-corrected chi connectivity index (χ1v) is 9.03. The maximum atomic E-state index is 12.0. The summed E-state index contributed by atoms with van der Waals surface area (Å²) in [6.45, 7) is 1.35. The number of H-pyrrole nitrogens is 1. The second-order valence-electron chi connectivity index (χ2n) is 6.70. The maximum Gasteiger partial charge on any atom is 0.255 e. The summed E-state index contributed by atoms with van der Waals surface area (Å²) >= 11 is 0. The normalized spacial score (nSPS) is 11.0. The topological polar surface area (TPSA) is 85.4 Å². The van der Waals surface area contributed by atoms with Crippen LogP contribution in [0.15, 0.2) is 77.7 Å². The number of fused-ring (bicyclic) bond motifs is 1. The third-order valence-corrected chi connectivity index (χ3v) is 4.74. The van der Waals surface area contributed by atoms with Crippen molar-refractivity contribution in [2.45, 2.75) is 13.1 Å². The molecule has 0 amide bonds. The van der Waals surface area contributed by atoms with Gasteiger partial charge >= 0.3 is 0 Å². The van der Waals surface area contributed by atoms with Gasteiger partial charge in [0.2, 0.25) is 0 Å². The van der Waals surface area contributed by atoms with Gasteiger partial charge in [-0.1, -0.05) is 42.5 Å². The highest BCUT2D eigenvalue weighted by Crippen LogP contribution is 2.32. The van der Waals surface area contributed by atoms with Crippen molar-refractivity contribution >= 4 is 10.8 Å². The Balaban J connectivity index is 1.53. The second-order valence-corrected chi connectivity index (χ2v) is 6.70. The van der Waals surface area contributed by atoms with E-state index in [1.54, 1.807) is 36.5 Å². The smallest absolute Gasteiger partial charge is 0.255 e. The number of aromatic nitrogens is 1. The van der Waals surface area contributed by atoms with Crippen LogP contribution in [0.25, 0.3) is 21.9 Å². The molecule has 0 aliphatic carbocycles. The van der Waals surface area contributed by atoms with Gasteiger partial charge in [0.15, 0.2) is 0 Å². The van der Waals surface area contributed by atoms with Crippen molar-refractivity contribution in [2.75, 3.05) is 0 Å². The quantitative estimate of drug-likeness (QED) is 0.428. The zero-order valence-electron chi connectivity index (χ0n) is 15.1. The molecule has 0 fully saturated rings. The average molecular weight is 372 g/mol. The number of phenols is 2. The number of hydrogen-bond acceptors (Lipinski definition) is 4. The predicted octanol–water partition coefficient (Wildman–Crippen LogP) is 3.90. The van der Waals surface area contributed by atoms with Crippen molar-refractivity contribution in [2.24, 2.45) is 0 Å². The first kappa shape index (κ1) is 17.8. The van der Waals surface area contributed by atoms with E-state index in [4.69, 9.17) is 0 Å². The minimum absolute atomic E-state index is 0.0930. The highest BCUT2D eigenvalue weighted by Gasteiger charge is 2.10. The first-order valence-electron chi connectivity index (χ1n) is 9.03. The van der Waals surface area contributed by atoms with Gasteiger partial charge in [0.1, 0.15) is 11.5 Å². The number of nitrogens with one attached hydrogen (secondary N) is 2. The zero-order chi connectivity index (χ0) is 19.5. The molecule has 4 N–H and O–H groups in total. The Morgan fingerprint density at radius 3 is 2.39 bits per heavy atom. The van der Waals surface area contributed by atoms with E-state index in [1.807, 2.05) is 36.4 Å². The van der Waals surface area contributed by atoms with Crippen LogP contribution in [0.3, 0.4) is 0 Å². The molecular weight excluding hydrogens is 352 g/mol. The van der Waals surface area contributed by atoms with Gasteiger partial charge in [-0.3, -0.25) is 4.79 Å². The van der Waals surface area contributed by atoms with Gasteiger partial charge in [0, 0.05) is 30.2 Å². The molecule has 0 aliphatic rings. The van der Waals surface area contributed by atoms with Crippen LogP contribution >= 0.6 is 0 Å². The molecule has 0 bridgehead atoms. The van der Waals surface area contributed by atoms with Crippen molar-refractivity contribution in [1.82, 2.24) is 10.3 Å². The molecule has 0 spiro atoms. The number of aromatic hydroxyl groups is 2. The molecule has 0 saturated carbocycles. The van der Waals surface area contributed by atoms with Gasteiger partial charge in [-0.05, 0) is 41.0 Å². The molecule has 0 unspecified atom stereocenters. The Morgan fingerprint density at radius 2 is 1.61 bits per heavy atom. The van der Waals surface area contributed by atoms with Gasteiger partial charge in [0.25, 0.3) is 5.56 Å². The van der Waals surface area contributed by atoms with E-state index in [-0.39, 0.29) is 17.1 Å². The summed E-state index contributed by atoms with van der Waals surface area (Å²) in [4.78, 5) is 14.8. The molecule has 0 atom stereocenters. The predicted molar refractivity (Wildman–Crippen MR) is 110 cm³/mol. The summed E-state index contributed by atoms with van der Waals surface area (Å²) < 4.78 is 0. The molecule has 5 nitrogen and oxygen atoms in total. The molecule has 0 aliphatic heterocycles. The summed E-state index contributed by atoms with van der Waals surface area (Å²) in [5.41, 5.74) is 3.61. The van der Waals surface area contributed by atoms with Crippen LogP contribution in [0.2, 0.25) is 0 Å². The minimum Gasteiger partial charge on any atom is -0.508 e. The fourth-order valence-electron chi connectivity index (χ4n) is 3.35. The largest absolute Gasteiger partial charge is 0.508 e. The zero-order valence-corrected chi connectivity index (χ0v) is 15.1. The Kier molecular flexibility index (Phi) is 4.83.